The first-order valence-corrected chi connectivity index (χ1v) is 8.15. The molecule has 3 rings (SSSR count). The fourth-order valence-electron chi connectivity index (χ4n) is 2.87. The van der Waals surface area contributed by atoms with E-state index in [0.717, 1.165) is 19.6 Å². The van der Waals surface area contributed by atoms with Crippen molar-refractivity contribution in [3.05, 3.63) is 51.2 Å². The van der Waals surface area contributed by atoms with Crippen molar-refractivity contribution in [1.29, 1.82) is 0 Å². The van der Waals surface area contributed by atoms with Crippen LogP contribution in [0.15, 0.2) is 30.3 Å². The molecule has 1 aliphatic heterocycles. The summed E-state index contributed by atoms with van der Waals surface area (Å²) in [5, 5.41) is 7.12. The number of hydrogen-bond acceptors (Lipinski definition) is 3. The number of benzene rings is 1. The van der Waals surface area contributed by atoms with E-state index >= 15 is 0 Å². The zero-order chi connectivity index (χ0) is 13.9. The van der Waals surface area contributed by atoms with E-state index in [-0.39, 0.29) is 0 Å². The van der Waals surface area contributed by atoms with Gasteiger partial charge in [-0.05, 0) is 43.5 Å². The molecule has 3 heteroatoms. The SMILES string of the molecule is Cc1cc(CNCC2CCNc3ccccc32)sc1C. The minimum Gasteiger partial charge on any atom is -0.385 e. The Labute approximate surface area is 125 Å². The predicted molar refractivity (Wildman–Crippen MR) is 87.8 cm³/mol. The molecule has 0 saturated carbocycles. The molecule has 2 N–H and O–H groups in total. The summed E-state index contributed by atoms with van der Waals surface area (Å²) in [6.07, 6.45) is 1.21. The van der Waals surface area contributed by atoms with Crippen LogP contribution in [0.2, 0.25) is 0 Å². The lowest BCUT2D eigenvalue weighted by Crippen LogP contribution is -2.26. The van der Waals surface area contributed by atoms with Gasteiger partial charge in [-0.1, -0.05) is 18.2 Å². The van der Waals surface area contributed by atoms with Gasteiger partial charge in [-0.2, -0.15) is 0 Å². The molecule has 0 radical (unpaired) electrons. The second kappa shape index (κ2) is 5.98. The number of hydrogen-bond donors (Lipinski definition) is 2. The van der Waals surface area contributed by atoms with Gasteiger partial charge in [0.25, 0.3) is 0 Å². The number of aryl methyl sites for hydroxylation is 2. The van der Waals surface area contributed by atoms with Crippen molar-refractivity contribution in [3.8, 4) is 0 Å². The zero-order valence-corrected chi connectivity index (χ0v) is 13.0. The first-order chi connectivity index (χ1) is 9.74. The normalized spacial score (nSPS) is 17.6. The third-order valence-corrected chi connectivity index (χ3v) is 5.27. The van der Waals surface area contributed by atoms with Crippen LogP contribution >= 0.6 is 11.3 Å². The van der Waals surface area contributed by atoms with Gasteiger partial charge in [-0.25, -0.2) is 0 Å². The van der Waals surface area contributed by atoms with Crippen LogP contribution in [-0.2, 0) is 6.54 Å². The van der Waals surface area contributed by atoms with Gasteiger partial charge in [0.15, 0.2) is 0 Å². The van der Waals surface area contributed by atoms with Crippen LogP contribution in [0.25, 0.3) is 0 Å². The fraction of sp³-hybridized carbons (Fsp3) is 0.412. The molecule has 0 spiro atoms. The molecular formula is C17H22N2S. The van der Waals surface area contributed by atoms with E-state index in [0.29, 0.717) is 5.92 Å². The fourth-order valence-corrected chi connectivity index (χ4v) is 3.89. The van der Waals surface area contributed by atoms with Gasteiger partial charge in [-0.15, -0.1) is 11.3 Å². The first kappa shape index (κ1) is 13.7. The summed E-state index contributed by atoms with van der Waals surface area (Å²) >= 11 is 1.91. The standard InChI is InChI=1S/C17H22N2S/c1-12-9-15(20-13(12)2)11-18-10-14-7-8-19-17-6-4-3-5-16(14)17/h3-6,9,14,18-19H,7-8,10-11H2,1-2H3. The number of anilines is 1. The van der Waals surface area contributed by atoms with Crippen molar-refractivity contribution >= 4 is 17.0 Å². The highest BCUT2D eigenvalue weighted by Gasteiger charge is 2.18. The van der Waals surface area contributed by atoms with Gasteiger partial charge in [0.05, 0.1) is 0 Å². The maximum Gasteiger partial charge on any atom is 0.0376 e. The monoisotopic (exact) mass is 286 g/mol. The molecule has 0 fully saturated rings. The average Bonchev–Trinajstić information content (AvgIpc) is 2.78. The quantitative estimate of drug-likeness (QED) is 0.886. The minimum atomic E-state index is 0.634. The molecule has 20 heavy (non-hydrogen) atoms. The molecule has 2 heterocycles. The van der Waals surface area contributed by atoms with E-state index in [4.69, 9.17) is 0 Å². The van der Waals surface area contributed by atoms with Gasteiger partial charge in [0, 0.05) is 41.0 Å². The largest absolute Gasteiger partial charge is 0.385 e. The summed E-state index contributed by atoms with van der Waals surface area (Å²) in [6, 6.07) is 11.0. The lowest BCUT2D eigenvalue weighted by molar-refractivity contribution is 0.553. The van der Waals surface area contributed by atoms with Crippen molar-refractivity contribution in [1.82, 2.24) is 5.32 Å². The van der Waals surface area contributed by atoms with Crippen LogP contribution in [0.3, 0.4) is 0 Å². The first-order valence-electron chi connectivity index (χ1n) is 7.33. The van der Waals surface area contributed by atoms with Crippen LogP contribution in [0.1, 0.15) is 33.2 Å². The molecule has 0 amide bonds. The highest BCUT2D eigenvalue weighted by atomic mass is 32.1. The lowest BCUT2D eigenvalue weighted by atomic mass is 9.91. The van der Waals surface area contributed by atoms with E-state index in [1.54, 1.807) is 0 Å². The Morgan fingerprint density at radius 2 is 2.15 bits per heavy atom. The molecule has 1 aromatic carbocycles. The summed E-state index contributed by atoms with van der Waals surface area (Å²) in [4.78, 5) is 2.89. The van der Waals surface area contributed by atoms with Crippen molar-refractivity contribution < 1.29 is 0 Å². The third-order valence-electron chi connectivity index (χ3n) is 4.12. The highest BCUT2D eigenvalue weighted by Crippen LogP contribution is 2.30. The van der Waals surface area contributed by atoms with Crippen LogP contribution in [-0.4, -0.2) is 13.1 Å². The molecule has 2 nitrogen and oxygen atoms in total. The van der Waals surface area contributed by atoms with E-state index < -0.39 is 0 Å². The summed E-state index contributed by atoms with van der Waals surface area (Å²) in [5.74, 6) is 0.634. The van der Waals surface area contributed by atoms with Gasteiger partial charge < -0.3 is 10.6 Å². The Balaban J connectivity index is 1.59. The minimum absolute atomic E-state index is 0.634. The van der Waals surface area contributed by atoms with Crippen LogP contribution in [0.4, 0.5) is 5.69 Å². The van der Waals surface area contributed by atoms with Crippen LogP contribution in [0, 0.1) is 13.8 Å². The number of para-hydroxylation sites is 1. The van der Waals surface area contributed by atoms with Gasteiger partial charge in [-0.3, -0.25) is 0 Å². The maximum absolute atomic E-state index is 3.64. The Bertz CT molecular complexity index is 569. The number of thiophene rings is 1. The summed E-state index contributed by atoms with van der Waals surface area (Å²) in [6.45, 7) is 7.53. The number of rotatable bonds is 4. The molecule has 1 atom stereocenters. The van der Waals surface area contributed by atoms with Crippen LogP contribution < -0.4 is 10.6 Å². The van der Waals surface area contributed by atoms with Crippen molar-refractivity contribution in [2.45, 2.75) is 32.7 Å². The van der Waals surface area contributed by atoms with Crippen molar-refractivity contribution in [2.24, 2.45) is 0 Å². The molecule has 1 aliphatic rings. The van der Waals surface area contributed by atoms with Crippen molar-refractivity contribution in [3.63, 3.8) is 0 Å². The summed E-state index contributed by atoms with van der Waals surface area (Å²) in [7, 11) is 0. The van der Waals surface area contributed by atoms with Gasteiger partial charge in [0.1, 0.15) is 0 Å². The summed E-state index contributed by atoms with van der Waals surface area (Å²) in [5.41, 5.74) is 4.19. The molecule has 0 saturated heterocycles. The summed E-state index contributed by atoms with van der Waals surface area (Å²) < 4.78 is 0. The smallest absolute Gasteiger partial charge is 0.0376 e. The number of nitrogens with one attached hydrogen (secondary N) is 2. The van der Waals surface area contributed by atoms with E-state index in [2.05, 4.69) is 54.8 Å². The predicted octanol–water partition coefficient (Wildman–Crippen LogP) is 4.05. The number of fused-ring (bicyclic) bond motifs is 1. The molecule has 2 aromatic rings. The topological polar surface area (TPSA) is 24.1 Å². The second-order valence-corrected chi connectivity index (χ2v) is 6.92. The average molecular weight is 286 g/mol. The van der Waals surface area contributed by atoms with Gasteiger partial charge in [0.2, 0.25) is 0 Å². The van der Waals surface area contributed by atoms with Gasteiger partial charge >= 0.3 is 0 Å². The highest BCUT2D eigenvalue weighted by molar-refractivity contribution is 7.12. The lowest BCUT2D eigenvalue weighted by Gasteiger charge is -2.26. The van der Waals surface area contributed by atoms with Crippen LogP contribution in [0.5, 0.6) is 0 Å². The Morgan fingerprint density at radius 1 is 1.30 bits per heavy atom. The Hall–Kier alpha value is -1.32. The maximum atomic E-state index is 3.64. The zero-order valence-electron chi connectivity index (χ0n) is 12.2. The molecular weight excluding hydrogens is 264 g/mol. The van der Waals surface area contributed by atoms with E-state index in [9.17, 15) is 0 Å². The Kier molecular flexibility index (Phi) is 4.08. The Morgan fingerprint density at radius 3 is 2.95 bits per heavy atom. The molecule has 1 aromatic heterocycles. The molecule has 106 valence electrons. The van der Waals surface area contributed by atoms with E-state index in [1.807, 2.05) is 11.3 Å². The molecule has 0 aliphatic carbocycles. The van der Waals surface area contributed by atoms with E-state index in [1.165, 1.54) is 33.0 Å². The van der Waals surface area contributed by atoms with Crippen molar-refractivity contribution in [2.75, 3.05) is 18.4 Å². The molecule has 0 bridgehead atoms. The third kappa shape index (κ3) is 2.89. The second-order valence-electron chi connectivity index (χ2n) is 5.58. The molecule has 1 unspecified atom stereocenters.